The standard InChI is InChI=1S/C21H11ClN2O6S2/c22-16-7-5-13(24(28)29)9-15(16)17-8-6-14(30-17)10-18-19(25)23(21(31)32-18)12-3-1-11(2-4-12)20(26)27/h1-10H,(H,26,27). The molecule has 1 amide bonds. The lowest BCUT2D eigenvalue weighted by Gasteiger charge is -2.14. The molecule has 0 aliphatic carbocycles. The van der Waals surface area contributed by atoms with Crippen LogP contribution in [0.25, 0.3) is 17.4 Å². The molecule has 1 saturated heterocycles. The molecule has 0 saturated carbocycles. The second-order valence-corrected chi connectivity index (χ2v) is 8.58. The molecule has 1 fully saturated rings. The van der Waals surface area contributed by atoms with Crippen LogP contribution >= 0.6 is 35.6 Å². The largest absolute Gasteiger partial charge is 0.478 e. The first-order chi connectivity index (χ1) is 15.2. The van der Waals surface area contributed by atoms with Crippen LogP contribution < -0.4 is 4.90 Å². The molecule has 1 N–H and O–H groups in total. The van der Waals surface area contributed by atoms with Crippen molar-refractivity contribution in [3.63, 3.8) is 0 Å². The van der Waals surface area contributed by atoms with Crippen LogP contribution in [0.2, 0.25) is 5.02 Å². The van der Waals surface area contributed by atoms with Crippen molar-refractivity contribution >= 4 is 69.2 Å². The van der Waals surface area contributed by atoms with Gasteiger partial charge in [-0.2, -0.15) is 0 Å². The van der Waals surface area contributed by atoms with Gasteiger partial charge in [0.1, 0.15) is 11.5 Å². The van der Waals surface area contributed by atoms with Crippen molar-refractivity contribution in [2.45, 2.75) is 0 Å². The maximum atomic E-state index is 12.9. The molecule has 0 atom stereocenters. The summed E-state index contributed by atoms with van der Waals surface area (Å²) in [6.45, 7) is 0. The Morgan fingerprint density at radius 2 is 1.91 bits per heavy atom. The zero-order valence-corrected chi connectivity index (χ0v) is 18.2. The number of benzene rings is 2. The monoisotopic (exact) mass is 486 g/mol. The third-order valence-corrected chi connectivity index (χ3v) is 6.12. The Morgan fingerprint density at radius 1 is 1.19 bits per heavy atom. The third-order valence-electron chi connectivity index (χ3n) is 4.49. The van der Waals surface area contributed by atoms with Gasteiger partial charge < -0.3 is 9.52 Å². The predicted molar refractivity (Wildman–Crippen MR) is 125 cm³/mol. The number of halogens is 1. The molecule has 0 bridgehead atoms. The number of carbonyl (C=O) groups excluding carboxylic acids is 1. The summed E-state index contributed by atoms with van der Waals surface area (Å²) in [4.78, 5) is 36.0. The Bertz CT molecular complexity index is 1320. The van der Waals surface area contributed by atoms with Crippen LogP contribution in [0.4, 0.5) is 11.4 Å². The van der Waals surface area contributed by atoms with E-state index in [2.05, 4.69) is 0 Å². The highest BCUT2D eigenvalue weighted by Gasteiger charge is 2.33. The van der Waals surface area contributed by atoms with Crippen molar-refractivity contribution in [3.8, 4) is 11.3 Å². The van der Waals surface area contributed by atoms with E-state index in [1.807, 2.05) is 0 Å². The quantitative estimate of drug-likeness (QED) is 0.214. The van der Waals surface area contributed by atoms with E-state index < -0.39 is 10.9 Å². The molecule has 1 aromatic heterocycles. The van der Waals surface area contributed by atoms with Crippen LogP contribution in [0.15, 0.2) is 63.9 Å². The first-order valence-corrected chi connectivity index (χ1v) is 10.5. The molecule has 2 aromatic carbocycles. The lowest BCUT2D eigenvalue weighted by Crippen LogP contribution is -2.27. The number of hydrogen-bond donors (Lipinski definition) is 1. The van der Waals surface area contributed by atoms with Gasteiger partial charge >= 0.3 is 5.97 Å². The van der Waals surface area contributed by atoms with Gasteiger partial charge in [0.15, 0.2) is 4.32 Å². The second kappa shape index (κ2) is 8.58. The number of furan rings is 1. The Balaban J connectivity index is 1.61. The van der Waals surface area contributed by atoms with Gasteiger partial charge in [-0.3, -0.25) is 19.8 Å². The van der Waals surface area contributed by atoms with Crippen LogP contribution in [-0.2, 0) is 4.79 Å². The lowest BCUT2D eigenvalue weighted by atomic mass is 10.1. The first kappa shape index (κ1) is 21.8. The number of anilines is 1. The Hall–Kier alpha value is -3.47. The molecule has 0 spiro atoms. The molecule has 3 aromatic rings. The van der Waals surface area contributed by atoms with Gasteiger partial charge in [-0.25, -0.2) is 4.79 Å². The summed E-state index contributed by atoms with van der Waals surface area (Å²) in [6.07, 6.45) is 1.51. The Labute approximate surface area is 195 Å². The van der Waals surface area contributed by atoms with E-state index in [1.165, 1.54) is 53.4 Å². The summed E-state index contributed by atoms with van der Waals surface area (Å²) in [6, 6.07) is 13.0. The van der Waals surface area contributed by atoms with E-state index in [0.29, 0.717) is 27.7 Å². The zero-order chi connectivity index (χ0) is 23.0. The number of amides is 1. The number of hydrogen-bond acceptors (Lipinski definition) is 7. The average Bonchev–Trinajstić information content (AvgIpc) is 3.32. The van der Waals surface area contributed by atoms with Crippen LogP contribution in [0.1, 0.15) is 16.1 Å². The normalized spacial score (nSPS) is 14.9. The van der Waals surface area contributed by atoms with Crippen molar-refractivity contribution < 1.29 is 24.0 Å². The number of aromatic carboxylic acids is 1. The molecule has 2 heterocycles. The highest BCUT2D eigenvalue weighted by molar-refractivity contribution is 8.27. The number of non-ortho nitro benzene ring substituents is 1. The summed E-state index contributed by atoms with van der Waals surface area (Å²) in [5.41, 5.74) is 0.769. The van der Waals surface area contributed by atoms with E-state index in [-0.39, 0.29) is 26.5 Å². The third kappa shape index (κ3) is 4.15. The molecular weight excluding hydrogens is 476 g/mol. The molecule has 160 valence electrons. The SMILES string of the molecule is O=C(O)c1ccc(N2C(=O)C(=Cc3ccc(-c4cc([N+](=O)[O-])ccc4Cl)o3)SC2=S)cc1. The number of thiocarbonyl (C=S) groups is 1. The fourth-order valence-corrected chi connectivity index (χ4v) is 4.45. The number of nitro groups is 1. The highest BCUT2D eigenvalue weighted by Crippen LogP contribution is 2.37. The molecule has 1 aliphatic rings. The zero-order valence-electron chi connectivity index (χ0n) is 15.9. The van der Waals surface area contributed by atoms with Crippen LogP contribution in [0, 0.1) is 10.1 Å². The molecule has 4 rings (SSSR count). The van der Waals surface area contributed by atoms with Crippen LogP contribution in [0.3, 0.4) is 0 Å². The number of carboxylic acid groups (broad SMARTS) is 1. The van der Waals surface area contributed by atoms with E-state index in [9.17, 15) is 19.7 Å². The van der Waals surface area contributed by atoms with Gasteiger partial charge in [-0.1, -0.05) is 35.6 Å². The fraction of sp³-hybridized carbons (Fsp3) is 0. The Kier molecular flexibility index (Phi) is 5.83. The smallest absolute Gasteiger partial charge is 0.335 e. The van der Waals surface area contributed by atoms with Gasteiger partial charge in [-0.05, 0) is 42.5 Å². The topological polar surface area (TPSA) is 114 Å². The highest BCUT2D eigenvalue weighted by atomic mass is 35.5. The number of carboxylic acids is 1. The minimum Gasteiger partial charge on any atom is -0.478 e. The summed E-state index contributed by atoms with van der Waals surface area (Å²) < 4.78 is 6.03. The van der Waals surface area contributed by atoms with Crippen LogP contribution in [-0.4, -0.2) is 26.2 Å². The number of carbonyl (C=O) groups is 2. The summed E-state index contributed by atoms with van der Waals surface area (Å²) >= 11 is 12.5. The number of nitrogens with zero attached hydrogens (tertiary/aromatic N) is 2. The van der Waals surface area contributed by atoms with E-state index in [0.717, 1.165) is 11.8 Å². The molecule has 0 unspecified atom stereocenters. The first-order valence-electron chi connectivity index (χ1n) is 8.90. The number of thioether (sulfide) groups is 1. The minimum absolute atomic E-state index is 0.0951. The van der Waals surface area contributed by atoms with Gasteiger partial charge in [0.2, 0.25) is 0 Å². The van der Waals surface area contributed by atoms with Crippen molar-refractivity contribution in [2.75, 3.05) is 4.90 Å². The fourth-order valence-electron chi connectivity index (χ4n) is 2.96. The molecule has 1 aliphatic heterocycles. The average molecular weight is 487 g/mol. The van der Waals surface area contributed by atoms with Crippen molar-refractivity contribution in [2.24, 2.45) is 0 Å². The Morgan fingerprint density at radius 3 is 2.56 bits per heavy atom. The lowest BCUT2D eigenvalue weighted by molar-refractivity contribution is -0.384. The van der Waals surface area contributed by atoms with E-state index >= 15 is 0 Å². The van der Waals surface area contributed by atoms with E-state index in [1.54, 1.807) is 12.1 Å². The molecule has 0 radical (unpaired) electrons. The summed E-state index contributed by atoms with van der Waals surface area (Å²) in [5, 5.41) is 20.3. The second-order valence-electron chi connectivity index (χ2n) is 6.49. The number of rotatable bonds is 5. The minimum atomic E-state index is -1.07. The maximum absolute atomic E-state index is 12.9. The molecule has 8 nitrogen and oxygen atoms in total. The molecular formula is C21H11ClN2O6S2. The van der Waals surface area contributed by atoms with Crippen molar-refractivity contribution in [1.29, 1.82) is 0 Å². The number of nitro benzene ring substituents is 1. The maximum Gasteiger partial charge on any atom is 0.335 e. The van der Waals surface area contributed by atoms with Crippen molar-refractivity contribution in [3.05, 3.63) is 86.0 Å². The van der Waals surface area contributed by atoms with Crippen LogP contribution in [0.5, 0.6) is 0 Å². The summed E-state index contributed by atoms with van der Waals surface area (Å²) in [5.74, 6) is -0.803. The molecule has 11 heteroatoms. The van der Waals surface area contributed by atoms with Gasteiger partial charge in [0, 0.05) is 23.8 Å². The van der Waals surface area contributed by atoms with E-state index in [4.69, 9.17) is 33.3 Å². The van der Waals surface area contributed by atoms with Gasteiger partial charge in [0.25, 0.3) is 11.6 Å². The molecule has 32 heavy (non-hydrogen) atoms. The van der Waals surface area contributed by atoms with Gasteiger partial charge in [-0.15, -0.1) is 0 Å². The summed E-state index contributed by atoms with van der Waals surface area (Å²) in [7, 11) is 0. The van der Waals surface area contributed by atoms with Gasteiger partial charge in [0.05, 0.1) is 26.1 Å². The predicted octanol–water partition coefficient (Wildman–Crippen LogP) is 5.61. The van der Waals surface area contributed by atoms with Crippen molar-refractivity contribution in [1.82, 2.24) is 0 Å².